The normalized spacial score (nSPS) is 19.1. The molecule has 1 saturated carbocycles. The number of nitrogens with one attached hydrogen (secondary N) is 2. The van der Waals surface area contributed by atoms with Crippen molar-refractivity contribution in [1.82, 2.24) is 14.5 Å². The fraction of sp³-hybridized carbons (Fsp3) is 0.448. The molecule has 0 saturated heterocycles. The first-order chi connectivity index (χ1) is 17.7. The lowest BCUT2D eigenvalue weighted by molar-refractivity contribution is -0.118. The summed E-state index contributed by atoms with van der Waals surface area (Å²) in [5.41, 5.74) is 2.69. The van der Waals surface area contributed by atoms with Gasteiger partial charge in [-0.2, -0.15) is 9.97 Å². The van der Waals surface area contributed by atoms with E-state index in [9.17, 15) is 4.79 Å². The van der Waals surface area contributed by atoms with Crippen molar-refractivity contribution < 1.29 is 4.79 Å². The molecule has 1 fully saturated rings. The molecular weight excluding hydrogens is 448 g/mol. The molecule has 5 rings (SSSR count). The molecule has 0 spiro atoms. The van der Waals surface area contributed by atoms with E-state index in [2.05, 4.69) is 49.9 Å². The van der Waals surface area contributed by atoms with Gasteiger partial charge >= 0.3 is 0 Å². The Morgan fingerprint density at radius 3 is 2.69 bits per heavy atom. The minimum Gasteiger partial charge on any atom is -0.358 e. The fourth-order valence-corrected chi connectivity index (χ4v) is 5.60. The van der Waals surface area contributed by atoms with Crippen LogP contribution in [-0.4, -0.2) is 39.7 Å². The van der Waals surface area contributed by atoms with Gasteiger partial charge in [0.25, 0.3) is 5.91 Å². The molecule has 1 amide bonds. The molecule has 2 aromatic heterocycles. The molecule has 7 heteroatoms. The van der Waals surface area contributed by atoms with Crippen molar-refractivity contribution in [3.8, 4) is 5.82 Å². The van der Waals surface area contributed by atoms with E-state index >= 15 is 0 Å². The topological polar surface area (TPSA) is 84.2 Å². The molecule has 2 aliphatic carbocycles. The summed E-state index contributed by atoms with van der Waals surface area (Å²) in [5, 5.41) is 6.48. The van der Waals surface area contributed by atoms with Gasteiger partial charge in [-0.1, -0.05) is 56.4 Å². The van der Waals surface area contributed by atoms with Gasteiger partial charge in [0, 0.05) is 37.6 Å². The molecule has 3 aromatic rings. The van der Waals surface area contributed by atoms with Crippen LogP contribution in [0.4, 0.5) is 11.8 Å². The second-order valence-electron chi connectivity index (χ2n) is 10.0. The molecule has 1 unspecified atom stereocenters. The summed E-state index contributed by atoms with van der Waals surface area (Å²) in [6.45, 7) is 0. The average Bonchev–Trinajstić information content (AvgIpc) is 3.47. The summed E-state index contributed by atoms with van der Waals surface area (Å²) < 4.78 is 1.93. The lowest BCUT2D eigenvalue weighted by atomic mass is 9.83. The minimum absolute atomic E-state index is 0.115. The zero-order chi connectivity index (χ0) is 24.7. The van der Waals surface area contributed by atoms with Gasteiger partial charge in [-0.05, 0) is 54.9 Å². The molecule has 188 valence electrons. The Balaban J connectivity index is 1.38. The number of nitrogens with zero attached hydrogens (tertiary/aromatic N) is 4. The van der Waals surface area contributed by atoms with Gasteiger partial charge in [-0.3, -0.25) is 4.79 Å². The quantitative estimate of drug-likeness (QED) is 0.396. The first kappa shape index (κ1) is 24.2. The monoisotopic (exact) mass is 484 g/mol. The number of hydrogen-bond donors (Lipinski definition) is 2. The number of aryl methyl sites for hydroxylation is 1. The summed E-state index contributed by atoms with van der Waals surface area (Å²) >= 11 is 0. The number of rotatable bonds is 8. The Kier molecular flexibility index (Phi) is 7.74. The van der Waals surface area contributed by atoms with E-state index in [1.54, 1.807) is 7.05 Å². The van der Waals surface area contributed by atoms with Crippen LogP contribution in [0, 0.1) is 5.92 Å². The summed E-state index contributed by atoms with van der Waals surface area (Å²) in [6, 6.07) is 13.9. The number of anilines is 2. The number of benzene rings is 1. The minimum atomic E-state index is -0.416. The van der Waals surface area contributed by atoms with Crippen molar-refractivity contribution in [2.45, 2.75) is 69.7 Å². The summed E-state index contributed by atoms with van der Waals surface area (Å²) in [6.07, 6.45) is 15.9. The lowest BCUT2D eigenvalue weighted by Crippen LogP contribution is -2.32. The lowest BCUT2D eigenvalue weighted by Gasteiger charge is -2.26. The second-order valence-corrected chi connectivity index (χ2v) is 10.0. The molecule has 2 aliphatic rings. The van der Waals surface area contributed by atoms with Crippen molar-refractivity contribution in [3.05, 3.63) is 66.0 Å². The number of hydrogen-bond acceptors (Lipinski definition) is 5. The number of carbonyl (C=O) groups excluding carboxylic acids is 1. The largest absolute Gasteiger partial charge is 0.358 e. The molecule has 2 atom stereocenters. The predicted octanol–water partition coefficient (Wildman–Crippen LogP) is 5.78. The van der Waals surface area contributed by atoms with E-state index in [1.807, 2.05) is 41.4 Å². The van der Waals surface area contributed by atoms with Crippen LogP contribution in [-0.2, 0) is 11.2 Å². The Labute approximate surface area is 213 Å². The van der Waals surface area contributed by atoms with Crippen LogP contribution < -0.4 is 10.6 Å². The summed E-state index contributed by atoms with van der Waals surface area (Å²) in [4.78, 5) is 27.2. The first-order valence-electron chi connectivity index (χ1n) is 13.3. The molecule has 0 radical (unpaired) electrons. The SMILES string of the molecule is CNc1nc(N[C@H](CC2CCCCC2)C(=O)N=CC2CCCc3ccccc32)cc(-n2cccc2)n1. The van der Waals surface area contributed by atoms with Gasteiger partial charge < -0.3 is 15.2 Å². The highest BCUT2D eigenvalue weighted by atomic mass is 16.1. The molecule has 0 bridgehead atoms. The number of amides is 1. The van der Waals surface area contributed by atoms with Gasteiger partial charge in [0.15, 0.2) is 0 Å². The molecule has 7 nitrogen and oxygen atoms in total. The third kappa shape index (κ3) is 5.83. The smallest absolute Gasteiger partial charge is 0.267 e. The molecule has 2 heterocycles. The third-order valence-electron chi connectivity index (χ3n) is 7.52. The van der Waals surface area contributed by atoms with Crippen LogP contribution in [0.3, 0.4) is 0 Å². The molecule has 1 aromatic carbocycles. The highest BCUT2D eigenvalue weighted by Gasteiger charge is 2.26. The zero-order valence-corrected chi connectivity index (χ0v) is 21.1. The van der Waals surface area contributed by atoms with E-state index in [0.717, 1.165) is 31.5 Å². The maximum absolute atomic E-state index is 13.5. The van der Waals surface area contributed by atoms with Crippen LogP contribution >= 0.6 is 0 Å². The Morgan fingerprint density at radius 1 is 1.08 bits per heavy atom. The third-order valence-corrected chi connectivity index (χ3v) is 7.52. The van der Waals surface area contributed by atoms with E-state index < -0.39 is 6.04 Å². The Hall–Kier alpha value is -3.48. The van der Waals surface area contributed by atoms with Gasteiger partial charge in [-0.15, -0.1) is 0 Å². The van der Waals surface area contributed by atoms with Crippen LogP contribution in [0.25, 0.3) is 5.82 Å². The molecule has 36 heavy (non-hydrogen) atoms. The molecule has 0 aliphatic heterocycles. The fourth-order valence-electron chi connectivity index (χ4n) is 5.60. The molecular formula is C29H36N6O. The van der Waals surface area contributed by atoms with Crippen molar-refractivity contribution in [1.29, 1.82) is 0 Å². The van der Waals surface area contributed by atoms with Crippen molar-refractivity contribution in [3.63, 3.8) is 0 Å². The van der Waals surface area contributed by atoms with Gasteiger partial charge in [0.05, 0.1) is 0 Å². The van der Waals surface area contributed by atoms with Crippen molar-refractivity contribution in [2.75, 3.05) is 17.7 Å². The number of aromatic nitrogens is 3. The number of carbonyl (C=O) groups is 1. The van der Waals surface area contributed by atoms with E-state index in [4.69, 9.17) is 0 Å². The van der Waals surface area contributed by atoms with Crippen LogP contribution in [0.15, 0.2) is 59.9 Å². The van der Waals surface area contributed by atoms with Crippen LogP contribution in [0.5, 0.6) is 0 Å². The van der Waals surface area contributed by atoms with Crippen LogP contribution in [0.2, 0.25) is 0 Å². The van der Waals surface area contributed by atoms with E-state index in [1.165, 1.54) is 43.2 Å². The Morgan fingerprint density at radius 2 is 1.89 bits per heavy atom. The average molecular weight is 485 g/mol. The van der Waals surface area contributed by atoms with Gasteiger partial charge in [0.1, 0.15) is 17.7 Å². The molecule has 2 N–H and O–H groups in total. The maximum Gasteiger partial charge on any atom is 0.267 e. The first-order valence-corrected chi connectivity index (χ1v) is 13.3. The van der Waals surface area contributed by atoms with Gasteiger partial charge in [-0.25, -0.2) is 4.99 Å². The van der Waals surface area contributed by atoms with Gasteiger partial charge in [0.2, 0.25) is 5.95 Å². The predicted molar refractivity (Wildman–Crippen MR) is 145 cm³/mol. The highest BCUT2D eigenvalue weighted by molar-refractivity contribution is 5.92. The van der Waals surface area contributed by atoms with Crippen LogP contribution in [0.1, 0.15) is 68.4 Å². The van der Waals surface area contributed by atoms with Crippen molar-refractivity contribution in [2.24, 2.45) is 10.9 Å². The Bertz CT molecular complexity index is 1180. The van der Waals surface area contributed by atoms with E-state index in [-0.39, 0.29) is 11.8 Å². The van der Waals surface area contributed by atoms with Crippen molar-refractivity contribution >= 4 is 23.9 Å². The zero-order valence-electron chi connectivity index (χ0n) is 21.1. The summed E-state index contributed by atoms with van der Waals surface area (Å²) in [5.74, 6) is 2.49. The number of fused-ring (bicyclic) bond motifs is 1. The highest BCUT2D eigenvalue weighted by Crippen LogP contribution is 2.31. The maximum atomic E-state index is 13.5. The second kappa shape index (κ2) is 11.5. The van der Waals surface area contributed by atoms with E-state index in [0.29, 0.717) is 17.7 Å². The number of aliphatic imine (C=N–C) groups is 1. The standard InChI is InChI=1S/C29H36N6O/c1-30-29-33-26(19-27(34-29)35-16-7-8-17-35)32-25(18-21-10-3-2-4-11-21)28(36)31-20-23-14-9-13-22-12-5-6-15-24(22)23/h5-8,12,15-17,19-21,23,25H,2-4,9-11,13-14,18H2,1H3,(H2,30,32,33,34)/t23?,25-/m1/s1. The summed E-state index contributed by atoms with van der Waals surface area (Å²) in [7, 11) is 1.80.